The lowest BCUT2D eigenvalue weighted by Gasteiger charge is -2.32. The normalized spacial score (nSPS) is 20.8. The van der Waals surface area contributed by atoms with Crippen molar-refractivity contribution in [1.29, 1.82) is 0 Å². The molecule has 0 unspecified atom stereocenters. The molecule has 1 amide bonds. The van der Waals surface area contributed by atoms with Gasteiger partial charge in [-0.25, -0.2) is 4.79 Å². The van der Waals surface area contributed by atoms with Gasteiger partial charge in [0.05, 0.1) is 0 Å². The van der Waals surface area contributed by atoms with Gasteiger partial charge in [-0.2, -0.15) is 0 Å². The highest BCUT2D eigenvalue weighted by molar-refractivity contribution is 5.94. The van der Waals surface area contributed by atoms with Gasteiger partial charge in [-0.05, 0) is 19.3 Å². The highest BCUT2D eigenvalue weighted by Gasteiger charge is 2.33. The number of carboxylic acid groups (broad SMARTS) is 1. The Kier molecular flexibility index (Phi) is 2.89. The zero-order chi connectivity index (χ0) is 11.5. The first-order valence-corrected chi connectivity index (χ1v) is 5.14. The molecule has 0 radical (unpaired) electrons. The molecule has 1 aromatic rings. The summed E-state index contributed by atoms with van der Waals surface area (Å²) in [7, 11) is 0. The van der Waals surface area contributed by atoms with Gasteiger partial charge in [0.1, 0.15) is 12.3 Å². The molecule has 86 valence electrons. The summed E-state index contributed by atoms with van der Waals surface area (Å²) in [6.07, 6.45) is 3.46. The molecular weight excluding hydrogens is 212 g/mol. The molecule has 1 aliphatic rings. The highest BCUT2D eigenvalue weighted by atomic mass is 16.5. The summed E-state index contributed by atoms with van der Waals surface area (Å²) >= 11 is 0. The fourth-order valence-corrected chi connectivity index (χ4v) is 1.90. The van der Waals surface area contributed by atoms with Crippen LogP contribution in [0.3, 0.4) is 0 Å². The third-order valence-electron chi connectivity index (χ3n) is 2.71. The van der Waals surface area contributed by atoms with E-state index in [2.05, 4.69) is 9.68 Å². The molecule has 2 rings (SSSR count). The number of likely N-dealkylation sites (tertiary alicyclic amines) is 1. The van der Waals surface area contributed by atoms with E-state index in [4.69, 9.17) is 5.11 Å². The van der Waals surface area contributed by atoms with Crippen molar-refractivity contribution in [3.63, 3.8) is 0 Å². The number of carbonyl (C=O) groups excluding carboxylic acids is 1. The smallest absolute Gasteiger partial charge is 0.326 e. The van der Waals surface area contributed by atoms with Crippen LogP contribution in [0, 0.1) is 0 Å². The maximum absolute atomic E-state index is 11.9. The van der Waals surface area contributed by atoms with Crippen molar-refractivity contribution in [2.24, 2.45) is 0 Å². The first-order valence-electron chi connectivity index (χ1n) is 5.14. The summed E-state index contributed by atoms with van der Waals surface area (Å²) in [5.41, 5.74) is 0.160. The predicted molar refractivity (Wildman–Crippen MR) is 52.8 cm³/mol. The molecule has 1 aromatic heterocycles. The summed E-state index contributed by atoms with van der Waals surface area (Å²) in [6.45, 7) is 0.461. The van der Waals surface area contributed by atoms with Crippen LogP contribution in [0.4, 0.5) is 0 Å². The molecule has 0 saturated carbocycles. The number of aromatic nitrogens is 1. The van der Waals surface area contributed by atoms with Gasteiger partial charge in [-0.1, -0.05) is 5.16 Å². The van der Waals surface area contributed by atoms with Crippen molar-refractivity contribution in [2.45, 2.75) is 25.3 Å². The van der Waals surface area contributed by atoms with E-state index in [1.54, 1.807) is 0 Å². The second-order valence-electron chi connectivity index (χ2n) is 3.73. The minimum atomic E-state index is -0.962. The van der Waals surface area contributed by atoms with Gasteiger partial charge in [0.25, 0.3) is 5.91 Å². The minimum absolute atomic E-state index is 0.160. The van der Waals surface area contributed by atoms with Crippen LogP contribution < -0.4 is 0 Å². The fraction of sp³-hybridized carbons (Fsp3) is 0.500. The van der Waals surface area contributed by atoms with Gasteiger partial charge in [0.2, 0.25) is 0 Å². The Bertz CT molecular complexity index is 388. The van der Waals surface area contributed by atoms with E-state index in [0.717, 1.165) is 12.8 Å². The fourth-order valence-electron chi connectivity index (χ4n) is 1.90. The standard InChI is InChI=1S/C10H12N2O4/c13-9(7-4-6-16-11-7)12-5-2-1-3-8(12)10(14)15/h4,6,8H,1-3,5H2,(H,14,15)/t8-/m1/s1. The summed E-state index contributed by atoms with van der Waals surface area (Å²) < 4.78 is 4.58. The van der Waals surface area contributed by atoms with Crippen LogP contribution in [-0.2, 0) is 4.79 Å². The Morgan fingerprint density at radius 3 is 2.94 bits per heavy atom. The van der Waals surface area contributed by atoms with E-state index >= 15 is 0 Å². The number of carbonyl (C=O) groups is 2. The second kappa shape index (κ2) is 4.34. The zero-order valence-electron chi connectivity index (χ0n) is 8.63. The molecule has 1 N–H and O–H groups in total. The Hall–Kier alpha value is -1.85. The molecule has 0 aliphatic carbocycles. The minimum Gasteiger partial charge on any atom is -0.480 e. The first kappa shape index (κ1) is 10.7. The molecule has 1 saturated heterocycles. The topological polar surface area (TPSA) is 83.6 Å². The van der Waals surface area contributed by atoms with Crippen LogP contribution in [0.15, 0.2) is 16.9 Å². The molecular formula is C10H12N2O4. The molecule has 16 heavy (non-hydrogen) atoms. The van der Waals surface area contributed by atoms with E-state index < -0.39 is 12.0 Å². The first-order chi connectivity index (χ1) is 7.70. The Morgan fingerprint density at radius 1 is 1.50 bits per heavy atom. The number of rotatable bonds is 2. The van der Waals surface area contributed by atoms with Crippen molar-refractivity contribution < 1.29 is 19.2 Å². The third kappa shape index (κ3) is 1.91. The molecule has 6 nitrogen and oxygen atoms in total. The molecule has 0 bridgehead atoms. The molecule has 2 heterocycles. The molecule has 1 fully saturated rings. The van der Waals surface area contributed by atoms with E-state index in [0.29, 0.717) is 13.0 Å². The monoisotopic (exact) mass is 224 g/mol. The SMILES string of the molecule is O=C(O)[C@H]1CCCCN1C(=O)c1ccon1. The molecule has 6 heteroatoms. The Labute approximate surface area is 91.8 Å². The number of carboxylic acids is 1. The van der Waals surface area contributed by atoms with E-state index in [1.807, 2.05) is 0 Å². The van der Waals surface area contributed by atoms with Crippen LogP contribution in [-0.4, -0.2) is 39.6 Å². The van der Waals surface area contributed by atoms with Crippen LogP contribution in [0.1, 0.15) is 29.8 Å². The van der Waals surface area contributed by atoms with Gasteiger partial charge >= 0.3 is 5.97 Å². The van der Waals surface area contributed by atoms with Crippen molar-refractivity contribution in [2.75, 3.05) is 6.54 Å². The number of hydrogen-bond acceptors (Lipinski definition) is 4. The van der Waals surface area contributed by atoms with Crippen molar-refractivity contribution in [3.05, 3.63) is 18.0 Å². The molecule has 1 aliphatic heterocycles. The number of amides is 1. The Morgan fingerprint density at radius 2 is 2.31 bits per heavy atom. The van der Waals surface area contributed by atoms with Crippen molar-refractivity contribution in [3.8, 4) is 0 Å². The summed E-state index contributed by atoms with van der Waals surface area (Å²) in [4.78, 5) is 24.3. The summed E-state index contributed by atoms with van der Waals surface area (Å²) in [6, 6.07) is 0.702. The maximum atomic E-state index is 11.9. The van der Waals surface area contributed by atoms with Gasteiger partial charge < -0.3 is 14.5 Å². The van der Waals surface area contributed by atoms with E-state index in [1.165, 1.54) is 17.2 Å². The van der Waals surface area contributed by atoms with E-state index in [9.17, 15) is 9.59 Å². The van der Waals surface area contributed by atoms with Crippen LogP contribution in [0.5, 0.6) is 0 Å². The van der Waals surface area contributed by atoms with Gasteiger partial charge in [0, 0.05) is 12.6 Å². The predicted octanol–water partition coefficient (Wildman–Crippen LogP) is 0.754. The van der Waals surface area contributed by atoms with Gasteiger partial charge in [-0.15, -0.1) is 0 Å². The molecule has 0 spiro atoms. The lowest BCUT2D eigenvalue weighted by atomic mass is 10.0. The summed E-state index contributed by atoms with van der Waals surface area (Å²) in [5, 5.41) is 12.5. The number of aliphatic carboxylic acids is 1. The number of hydrogen-bond donors (Lipinski definition) is 1. The molecule has 0 aromatic carbocycles. The quantitative estimate of drug-likeness (QED) is 0.801. The summed E-state index contributed by atoms with van der Waals surface area (Å²) in [5.74, 6) is -1.34. The average molecular weight is 224 g/mol. The number of nitrogens with zero attached hydrogens (tertiary/aromatic N) is 2. The van der Waals surface area contributed by atoms with E-state index in [-0.39, 0.29) is 11.6 Å². The van der Waals surface area contributed by atoms with Crippen LogP contribution >= 0.6 is 0 Å². The lowest BCUT2D eigenvalue weighted by Crippen LogP contribution is -2.48. The maximum Gasteiger partial charge on any atom is 0.326 e. The zero-order valence-corrected chi connectivity index (χ0v) is 8.63. The molecule has 1 atom stereocenters. The van der Waals surface area contributed by atoms with Crippen LogP contribution in [0.25, 0.3) is 0 Å². The van der Waals surface area contributed by atoms with Gasteiger partial charge in [-0.3, -0.25) is 4.79 Å². The number of piperidine rings is 1. The Balaban J connectivity index is 2.17. The third-order valence-corrected chi connectivity index (χ3v) is 2.71. The lowest BCUT2D eigenvalue weighted by molar-refractivity contribution is -0.143. The van der Waals surface area contributed by atoms with Crippen LogP contribution in [0.2, 0.25) is 0 Å². The highest BCUT2D eigenvalue weighted by Crippen LogP contribution is 2.19. The van der Waals surface area contributed by atoms with Crippen molar-refractivity contribution in [1.82, 2.24) is 10.1 Å². The second-order valence-corrected chi connectivity index (χ2v) is 3.73. The van der Waals surface area contributed by atoms with Gasteiger partial charge in [0.15, 0.2) is 5.69 Å². The average Bonchev–Trinajstić information content (AvgIpc) is 2.81. The van der Waals surface area contributed by atoms with Crippen molar-refractivity contribution >= 4 is 11.9 Å². The largest absolute Gasteiger partial charge is 0.480 e.